The van der Waals surface area contributed by atoms with Crippen molar-refractivity contribution >= 4 is 29.8 Å². The molecule has 3 aliphatic heterocycles. The predicted octanol–water partition coefficient (Wildman–Crippen LogP) is 6.19. The first kappa shape index (κ1) is 47.1. The average Bonchev–Trinajstić information content (AvgIpc) is 3.78. The zero-order valence-electron chi connectivity index (χ0n) is 37.1. The van der Waals surface area contributed by atoms with Crippen molar-refractivity contribution in [1.82, 2.24) is 15.7 Å². The van der Waals surface area contributed by atoms with Gasteiger partial charge in [-0.05, 0) is 69.2 Å². The number of rotatable bonds is 22. The maximum Gasteiger partial charge on any atom is 0.327 e. The summed E-state index contributed by atoms with van der Waals surface area (Å²) in [6.45, 7) is 9.36. The molecule has 4 fully saturated rings. The SMILES string of the molecule is CCCCCC1(CCCCC)O[C@@H]2[C@H](O1)[C@H]1ON(Cc3cccc(C=CCc4ccccc4O)c3)[C@@H]3C(=O)O[C@@H]2C[C@]13C(=O)NCCC(=O)N[C@H](CO)CCC(=O)OC(C)(C)C. The number of fused-ring (bicyclic) bond motifs is 4. The third-order valence-electron chi connectivity index (χ3n) is 12.3. The van der Waals surface area contributed by atoms with Crippen LogP contribution in [0.15, 0.2) is 54.6 Å². The molecule has 2 aromatic rings. The molecule has 62 heavy (non-hydrogen) atoms. The van der Waals surface area contributed by atoms with E-state index in [-0.39, 0.29) is 51.1 Å². The van der Waals surface area contributed by atoms with Crippen LogP contribution in [-0.4, -0.2) is 100 Å². The maximum atomic E-state index is 14.8. The summed E-state index contributed by atoms with van der Waals surface area (Å²) in [5, 5.41) is 27.4. The van der Waals surface area contributed by atoms with Crippen LogP contribution in [0.3, 0.4) is 0 Å². The number of aromatic hydroxyl groups is 1. The average molecular weight is 862 g/mol. The first-order chi connectivity index (χ1) is 29.7. The van der Waals surface area contributed by atoms with E-state index in [1.807, 2.05) is 48.6 Å². The smallest absolute Gasteiger partial charge is 0.327 e. The maximum absolute atomic E-state index is 14.8. The third kappa shape index (κ3) is 11.2. The molecule has 2 amide bonds. The van der Waals surface area contributed by atoms with Gasteiger partial charge in [0.1, 0.15) is 41.2 Å². The van der Waals surface area contributed by atoms with Gasteiger partial charge in [-0.15, -0.1) is 0 Å². The van der Waals surface area contributed by atoms with E-state index in [1.165, 1.54) is 0 Å². The molecule has 3 heterocycles. The lowest BCUT2D eigenvalue weighted by Gasteiger charge is -2.48. The number of carbonyl (C=O) groups is 4. The summed E-state index contributed by atoms with van der Waals surface area (Å²) in [4.78, 5) is 61.2. The lowest BCUT2D eigenvalue weighted by atomic mass is 9.62. The number of hydroxylamine groups is 2. The molecule has 1 saturated carbocycles. The lowest BCUT2D eigenvalue weighted by Crippen LogP contribution is -2.69. The largest absolute Gasteiger partial charge is 0.508 e. The van der Waals surface area contributed by atoms with E-state index in [9.17, 15) is 29.4 Å². The van der Waals surface area contributed by atoms with E-state index in [2.05, 4.69) is 24.5 Å². The second-order valence-electron chi connectivity index (χ2n) is 18.3. The van der Waals surface area contributed by atoms with Crippen LogP contribution in [0.25, 0.3) is 6.08 Å². The van der Waals surface area contributed by atoms with Gasteiger partial charge in [0.25, 0.3) is 0 Å². The summed E-state index contributed by atoms with van der Waals surface area (Å²) in [6.07, 6.45) is 9.00. The van der Waals surface area contributed by atoms with Crippen molar-refractivity contribution in [3.63, 3.8) is 0 Å². The van der Waals surface area contributed by atoms with Gasteiger partial charge in [-0.25, -0.2) is 0 Å². The normalized spacial score (nSPS) is 25.6. The van der Waals surface area contributed by atoms with Crippen LogP contribution < -0.4 is 10.6 Å². The molecule has 340 valence electrons. The van der Waals surface area contributed by atoms with Crippen LogP contribution in [-0.2, 0) is 55.9 Å². The molecule has 3 saturated heterocycles. The Labute approximate surface area is 366 Å². The summed E-state index contributed by atoms with van der Waals surface area (Å²) in [6, 6.07) is 13.2. The fraction of sp³-hybridized carbons (Fsp3) is 0.625. The predicted molar refractivity (Wildman–Crippen MR) is 231 cm³/mol. The molecule has 0 unspecified atom stereocenters. The Morgan fingerprint density at radius 3 is 2.40 bits per heavy atom. The number of phenols is 1. The van der Waals surface area contributed by atoms with Crippen LogP contribution in [0.4, 0.5) is 0 Å². The van der Waals surface area contributed by atoms with E-state index < -0.39 is 77.1 Å². The molecule has 7 atom stereocenters. The van der Waals surface area contributed by atoms with Crippen LogP contribution in [0.2, 0.25) is 0 Å². The number of nitrogens with one attached hydrogen (secondary N) is 2. The van der Waals surface area contributed by atoms with Crippen molar-refractivity contribution in [2.45, 2.75) is 173 Å². The van der Waals surface area contributed by atoms with Gasteiger partial charge in [-0.2, -0.15) is 5.06 Å². The minimum atomic E-state index is -1.42. The number of aliphatic hydroxyl groups is 1. The lowest BCUT2D eigenvalue weighted by molar-refractivity contribution is -0.224. The Kier molecular flexibility index (Phi) is 15.9. The summed E-state index contributed by atoms with van der Waals surface area (Å²) >= 11 is 0. The van der Waals surface area contributed by atoms with Gasteiger partial charge in [0.2, 0.25) is 11.8 Å². The van der Waals surface area contributed by atoms with Crippen LogP contribution in [0.5, 0.6) is 5.75 Å². The van der Waals surface area contributed by atoms with Crippen molar-refractivity contribution in [3.8, 4) is 5.75 Å². The van der Waals surface area contributed by atoms with Crippen LogP contribution in [0.1, 0.15) is 128 Å². The third-order valence-corrected chi connectivity index (χ3v) is 12.3. The number of hydrogen-bond donors (Lipinski definition) is 4. The zero-order valence-corrected chi connectivity index (χ0v) is 37.1. The number of ether oxygens (including phenoxy) is 4. The fourth-order valence-corrected chi connectivity index (χ4v) is 9.33. The molecule has 0 spiro atoms. The Morgan fingerprint density at radius 2 is 1.71 bits per heavy atom. The van der Waals surface area contributed by atoms with E-state index in [0.717, 1.165) is 55.2 Å². The number of aliphatic hydroxyl groups excluding tert-OH is 1. The summed E-state index contributed by atoms with van der Waals surface area (Å²) < 4.78 is 25.4. The highest BCUT2D eigenvalue weighted by molar-refractivity contribution is 5.94. The van der Waals surface area contributed by atoms with Crippen LogP contribution in [0, 0.1) is 5.41 Å². The van der Waals surface area contributed by atoms with Gasteiger partial charge in [-0.3, -0.25) is 24.0 Å². The van der Waals surface area contributed by atoms with Gasteiger partial charge in [0.15, 0.2) is 11.8 Å². The molecular weight excluding hydrogens is 795 g/mol. The number of unbranched alkanes of at least 4 members (excludes halogenated alkanes) is 4. The monoisotopic (exact) mass is 861 g/mol. The van der Waals surface area contributed by atoms with Gasteiger partial charge < -0.3 is 39.8 Å². The van der Waals surface area contributed by atoms with Gasteiger partial charge in [-0.1, -0.05) is 94.1 Å². The number of phenolic OH excluding ortho intramolecular Hbond substituents is 1. The van der Waals surface area contributed by atoms with Crippen LogP contribution >= 0.6 is 0 Å². The van der Waals surface area contributed by atoms with Crippen molar-refractivity contribution < 1.29 is 53.2 Å². The van der Waals surface area contributed by atoms with Crippen molar-refractivity contribution in [1.29, 1.82) is 0 Å². The van der Waals surface area contributed by atoms with E-state index in [1.54, 1.807) is 38.0 Å². The summed E-state index contributed by atoms with van der Waals surface area (Å²) in [7, 11) is 0. The molecule has 14 heteroatoms. The van der Waals surface area contributed by atoms with E-state index >= 15 is 0 Å². The number of carbonyl (C=O) groups excluding carboxylic acids is 4. The Bertz CT molecular complexity index is 1890. The highest BCUT2D eigenvalue weighted by Gasteiger charge is 2.76. The number of esters is 2. The molecule has 4 aliphatic rings. The topological polar surface area (TPSA) is 182 Å². The Hall–Kier alpha value is -4.34. The molecule has 1 aliphatic carbocycles. The van der Waals surface area contributed by atoms with Crippen molar-refractivity contribution in [3.05, 3.63) is 71.3 Å². The first-order valence-electron chi connectivity index (χ1n) is 22.6. The minimum absolute atomic E-state index is 0.0195. The molecule has 4 N–H and O–H groups in total. The molecule has 2 bridgehead atoms. The number of hydrogen-bond acceptors (Lipinski definition) is 12. The zero-order chi connectivity index (χ0) is 44.5. The highest BCUT2D eigenvalue weighted by atomic mass is 16.8. The summed E-state index contributed by atoms with van der Waals surface area (Å²) in [5.41, 5.74) is 0.502. The number of amides is 2. The van der Waals surface area contributed by atoms with Gasteiger partial charge in [0.05, 0.1) is 19.2 Å². The first-order valence-corrected chi connectivity index (χ1v) is 22.6. The van der Waals surface area contributed by atoms with Gasteiger partial charge in [0, 0.05) is 38.6 Å². The standard InChI is InChI=1S/C48H67N3O11/c1-6-8-12-25-47(26-13-9-7-2)60-40-37-29-48(45(57)49-27-24-38(54)50-35(31-52)22-23-39(55)59-46(3,4)5)42(44(56)58-37)51(62-43(48)41(40)61-47)30-33-18-14-16-32(28-33)17-15-20-34-19-10-11-21-36(34)53/h10-11,14-19,21,28,35,37,40-43,52-53H,6-9,12-13,20,22-27,29-31H2,1-5H3,(H,49,57)(H,50,54)/t35-,37+,40-,41-,42+,43+,48+/m0/s1. The highest BCUT2D eigenvalue weighted by Crippen LogP contribution is 2.58. The molecule has 0 radical (unpaired) electrons. The van der Waals surface area contributed by atoms with Gasteiger partial charge >= 0.3 is 11.9 Å². The number of nitrogens with zero attached hydrogens (tertiary/aromatic N) is 1. The fourth-order valence-electron chi connectivity index (χ4n) is 9.33. The number of benzene rings is 2. The molecular formula is C48H67N3O11. The Morgan fingerprint density at radius 1 is 0.984 bits per heavy atom. The van der Waals surface area contributed by atoms with Crippen molar-refractivity contribution in [2.24, 2.45) is 5.41 Å². The van der Waals surface area contributed by atoms with E-state index in [4.69, 9.17) is 23.8 Å². The molecule has 14 nitrogen and oxygen atoms in total. The number of para-hydroxylation sites is 1. The number of allylic oxidation sites excluding steroid dienone is 1. The molecule has 2 aromatic carbocycles. The summed E-state index contributed by atoms with van der Waals surface area (Å²) in [5.74, 6) is -2.53. The van der Waals surface area contributed by atoms with Crippen molar-refractivity contribution in [2.75, 3.05) is 13.2 Å². The molecule has 6 rings (SSSR count). The Balaban J connectivity index is 1.21. The molecule has 0 aromatic heterocycles. The second-order valence-corrected chi connectivity index (χ2v) is 18.3. The quantitative estimate of drug-likeness (QED) is 0.0780. The minimum Gasteiger partial charge on any atom is -0.508 e. The van der Waals surface area contributed by atoms with E-state index in [0.29, 0.717) is 19.3 Å². The second kappa shape index (κ2) is 20.9.